The quantitative estimate of drug-likeness (QED) is 0.202. The van der Waals surface area contributed by atoms with E-state index in [9.17, 15) is 20.2 Å². The predicted octanol–water partition coefficient (Wildman–Crippen LogP) is 5.47. The van der Waals surface area contributed by atoms with Gasteiger partial charge in [0.25, 0.3) is 5.69 Å². The first-order valence-electron chi connectivity index (χ1n) is 7.75. The number of anilines is 1. The van der Waals surface area contributed by atoms with Crippen molar-refractivity contribution < 1.29 is 9.72 Å². The minimum atomic E-state index is -0.500. The Morgan fingerprint density at radius 3 is 2.63 bits per heavy atom. The molecule has 27 heavy (non-hydrogen) atoms. The van der Waals surface area contributed by atoms with Gasteiger partial charge in [0, 0.05) is 33.7 Å². The third-order valence-corrected chi connectivity index (χ3v) is 5.44. The average molecular weight is 398 g/mol. The zero-order valence-electron chi connectivity index (χ0n) is 14.0. The average Bonchev–Trinajstić information content (AvgIpc) is 2.98. The van der Waals surface area contributed by atoms with Gasteiger partial charge in [0.15, 0.2) is 0 Å². The molecule has 8 heteroatoms. The van der Waals surface area contributed by atoms with Crippen molar-refractivity contribution in [3.8, 4) is 6.07 Å². The first-order chi connectivity index (χ1) is 12.9. The van der Waals surface area contributed by atoms with Crippen LogP contribution in [0.25, 0.3) is 10.1 Å². The van der Waals surface area contributed by atoms with Crippen molar-refractivity contribution in [2.45, 2.75) is 6.92 Å². The van der Waals surface area contributed by atoms with Gasteiger partial charge < -0.3 is 5.32 Å². The first-order valence-corrected chi connectivity index (χ1v) is 8.94. The van der Waals surface area contributed by atoms with Crippen LogP contribution in [0, 0.1) is 28.4 Å². The molecule has 0 aliphatic carbocycles. The van der Waals surface area contributed by atoms with Gasteiger partial charge in [-0.15, -0.1) is 11.3 Å². The number of aryl methyl sites for hydroxylation is 1. The molecule has 0 unspecified atom stereocenters. The van der Waals surface area contributed by atoms with Gasteiger partial charge in [0.2, 0.25) is 5.78 Å². The van der Waals surface area contributed by atoms with Gasteiger partial charge in [0.1, 0.15) is 11.6 Å². The van der Waals surface area contributed by atoms with E-state index in [1.807, 2.05) is 19.1 Å². The van der Waals surface area contributed by atoms with E-state index in [1.54, 1.807) is 12.1 Å². The lowest BCUT2D eigenvalue weighted by atomic mass is 10.1. The Labute approximate surface area is 163 Å². The molecule has 134 valence electrons. The zero-order chi connectivity index (χ0) is 19.6. The second-order valence-corrected chi connectivity index (χ2v) is 7.13. The number of nitrogens with one attached hydrogen (secondary N) is 1. The summed E-state index contributed by atoms with van der Waals surface area (Å²) < 4.78 is 0.917. The number of nitro benzene ring substituents is 1. The number of Topliss-reactive ketones (excluding diaryl/α,β-unsaturated/α-hetero) is 1. The molecule has 0 aliphatic heterocycles. The number of hydrogen-bond donors (Lipinski definition) is 1. The second-order valence-electron chi connectivity index (χ2n) is 5.64. The maximum absolute atomic E-state index is 12.8. The van der Waals surface area contributed by atoms with Gasteiger partial charge in [-0.25, -0.2) is 0 Å². The molecule has 0 saturated heterocycles. The molecule has 0 bridgehead atoms. The molecule has 0 spiro atoms. The van der Waals surface area contributed by atoms with E-state index in [1.165, 1.54) is 41.8 Å². The molecule has 0 aliphatic rings. The number of allylic oxidation sites excluding steroid dienone is 1. The number of halogens is 1. The van der Waals surface area contributed by atoms with Crippen LogP contribution in [0.15, 0.2) is 54.2 Å². The second kappa shape index (κ2) is 7.58. The van der Waals surface area contributed by atoms with Crippen molar-refractivity contribution in [3.63, 3.8) is 0 Å². The maximum Gasteiger partial charge on any atom is 0.269 e. The largest absolute Gasteiger partial charge is 0.360 e. The Morgan fingerprint density at radius 2 is 2.00 bits per heavy atom. The van der Waals surface area contributed by atoms with E-state index in [0.717, 1.165) is 15.6 Å². The van der Waals surface area contributed by atoms with Crippen molar-refractivity contribution >= 4 is 50.2 Å². The summed E-state index contributed by atoms with van der Waals surface area (Å²) in [4.78, 5) is 23.4. The molecule has 0 atom stereocenters. The SMILES string of the molecule is Cc1c(C(=O)/C(C#N)=C/Nc2ccc([N+](=O)[O-])cc2)sc2ccc(Cl)cc12. The van der Waals surface area contributed by atoms with Gasteiger partial charge in [-0.05, 0) is 48.2 Å². The molecule has 1 aromatic heterocycles. The molecule has 2 aromatic carbocycles. The fourth-order valence-electron chi connectivity index (χ4n) is 2.52. The number of nitrogens with zero attached hydrogens (tertiary/aromatic N) is 2. The number of fused-ring (bicyclic) bond motifs is 1. The number of nitro groups is 1. The van der Waals surface area contributed by atoms with Crippen molar-refractivity contribution in [1.82, 2.24) is 0 Å². The molecule has 0 amide bonds. The molecule has 0 fully saturated rings. The molecule has 3 rings (SSSR count). The highest BCUT2D eigenvalue weighted by Gasteiger charge is 2.19. The van der Waals surface area contributed by atoms with Crippen LogP contribution >= 0.6 is 22.9 Å². The van der Waals surface area contributed by atoms with Gasteiger partial charge >= 0.3 is 0 Å². The van der Waals surface area contributed by atoms with E-state index in [4.69, 9.17) is 11.6 Å². The van der Waals surface area contributed by atoms with Crippen molar-refractivity contribution in [1.29, 1.82) is 5.26 Å². The minimum absolute atomic E-state index is 0.0410. The summed E-state index contributed by atoms with van der Waals surface area (Å²) in [5, 5.41) is 24.4. The molecular weight excluding hydrogens is 386 g/mol. The van der Waals surface area contributed by atoms with Gasteiger partial charge in [-0.2, -0.15) is 5.26 Å². The summed E-state index contributed by atoms with van der Waals surface area (Å²) in [6, 6.07) is 13.0. The van der Waals surface area contributed by atoms with Crippen LogP contribution < -0.4 is 5.32 Å². The number of non-ortho nitro benzene ring substituents is 1. The van der Waals surface area contributed by atoms with E-state index < -0.39 is 4.92 Å². The van der Waals surface area contributed by atoms with Gasteiger partial charge in [0.05, 0.1) is 9.80 Å². The fourth-order valence-corrected chi connectivity index (χ4v) is 3.83. The highest BCUT2D eigenvalue weighted by molar-refractivity contribution is 7.21. The van der Waals surface area contributed by atoms with Crippen LogP contribution in [-0.2, 0) is 0 Å². The maximum atomic E-state index is 12.8. The van der Waals surface area contributed by atoms with Crippen LogP contribution in [0.1, 0.15) is 15.2 Å². The monoisotopic (exact) mass is 397 g/mol. The summed E-state index contributed by atoms with van der Waals surface area (Å²) >= 11 is 7.33. The van der Waals surface area contributed by atoms with Crippen molar-refractivity contribution in [3.05, 3.63) is 79.8 Å². The molecule has 0 saturated carbocycles. The Bertz CT molecular complexity index is 1130. The number of hydrogen-bond acceptors (Lipinski definition) is 6. The standard InChI is InChI=1S/C19H12ClN3O3S/c1-11-16-8-13(20)2-7-17(16)27-19(11)18(24)12(9-21)10-22-14-3-5-15(6-4-14)23(25)26/h2-8,10,22H,1H3/b12-10+. The number of nitriles is 1. The van der Waals surface area contributed by atoms with Crippen molar-refractivity contribution in [2.75, 3.05) is 5.32 Å². The number of carbonyl (C=O) groups excluding carboxylic acids is 1. The summed E-state index contributed by atoms with van der Waals surface area (Å²) in [7, 11) is 0. The molecule has 1 N–H and O–H groups in total. The number of thiophene rings is 1. The lowest BCUT2D eigenvalue weighted by molar-refractivity contribution is -0.384. The highest BCUT2D eigenvalue weighted by atomic mass is 35.5. The molecule has 3 aromatic rings. The van der Waals surface area contributed by atoms with Gasteiger partial charge in [-0.3, -0.25) is 14.9 Å². The summed E-state index contributed by atoms with van der Waals surface area (Å²) in [5.41, 5.74) is 1.20. The van der Waals surface area contributed by atoms with Crippen LogP contribution in [0.4, 0.5) is 11.4 Å². The van der Waals surface area contributed by atoms with E-state index in [0.29, 0.717) is 15.6 Å². The number of ketones is 1. The molecule has 6 nitrogen and oxygen atoms in total. The van der Waals surface area contributed by atoms with Crippen LogP contribution in [0.5, 0.6) is 0 Å². The predicted molar refractivity (Wildman–Crippen MR) is 106 cm³/mol. The third-order valence-electron chi connectivity index (χ3n) is 3.93. The Kier molecular flexibility index (Phi) is 5.21. The first kappa shape index (κ1) is 18.6. The van der Waals surface area contributed by atoms with Crippen LogP contribution in [0.3, 0.4) is 0 Å². The minimum Gasteiger partial charge on any atom is -0.360 e. The smallest absolute Gasteiger partial charge is 0.269 e. The normalized spacial score (nSPS) is 11.2. The lowest BCUT2D eigenvalue weighted by Crippen LogP contribution is -2.04. The van der Waals surface area contributed by atoms with E-state index >= 15 is 0 Å². The van der Waals surface area contributed by atoms with Gasteiger partial charge in [-0.1, -0.05) is 11.6 Å². The van der Waals surface area contributed by atoms with E-state index in [2.05, 4.69) is 5.32 Å². The Morgan fingerprint density at radius 1 is 1.30 bits per heavy atom. The zero-order valence-corrected chi connectivity index (χ0v) is 15.6. The molecule has 1 heterocycles. The summed E-state index contributed by atoms with van der Waals surface area (Å²) in [6.45, 7) is 1.82. The molecule has 0 radical (unpaired) electrons. The topological polar surface area (TPSA) is 96.0 Å². The number of benzene rings is 2. The fraction of sp³-hybridized carbons (Fsp3) is 0.0526. The van der Waals surface area contributed by atoms with Crippen LogP contribution in [0.2, 0.25) is 5.02 Å². The highest BCUT2D eigenvalue weighted by Crippen LogP contribution is 2.34. The molecular formula is C19H12ClN3O3S. The third kappa shape index (κ3) is 3.82. The Hall–Kier alpha value is -3.21. The number of carbonyl (C=O) groups is 1. The van der Waals surface area contributed by atoms with E-state index in [-0.39, 0.29) is 17.0 Å². The summed E-state index contributed by atoms with van der Waals surface area (Å²) in [5.74, 6) is -0.387. The summed E-state index contributed by atoms with van der Waals surface area (Å²) in [6.07, 6.45) is 1.31. The lowest BCUT2D eigenvalue weighted by Gasteiger charge is -2.02. The van der Waals surface area contributed by atoms with Crippen molar-refractivity contribution in [2.24, 2.45) is 0 Å². The van der Waals surface area contributed by atoms with Crippen LogP contribution in [-0.4, -0.2) is 10.7 Å². The Balaban J connectivity index is 1.88. The number of rotatable bonds is 5.